The first-order valence-electron chi connectivity index (χ1n) is 8.84. The Kier molecular flexibility index (Phi) is 4.81. The molecule has 1 aromatic heterocycles. The summed E-state index contributed by atoms with van der Waals surface area (Å²) >= 11 is 6.32. The van der Waals surface area contributed by atoms with Crippen LogP contribution in [0.4, 0.5) is 0 Å². The van der Waals surface area contributed by atoms with Gasteiger partial charge in [-0.15, -0.1) is 0 Å². The Labute approximate surface area is 159 Å². The van der Waals surface area contributed by atoms with Crippen LogP contribution in [0.25, 0.3) is 0 Å². The minimum Gasteiger partial charge on any atom is -0.348 e. The quantitative estimate of drug-likeness (QED) is 0.857. The van der Waals surface area contributed by atoms with Crippen LogP contribution in [0.1, 0.15) is 17.0 Å². The standard InChI is InChI=1S/C18H23ClN4O2S/c1-13-16(21-12-20-13)9-23-7-6-22(8-14-4-2-3-5-15(14)19)17-10-26(24,25)11-18(17)23/h2-5,12,17-18H,6-11H2,1H3,(H,20,21)/t17-,18+/m0/s1. The molecule has 8 heteroatoms. The minimum atomic E-state index is -3.03. The van der Waals surface area contributed by atoms with E-state index >= 15 is 0 Å². The van der Waals surface area contributed by atoms with Gasteiger partial charge in [0, 0.05) is 49.0 Å². The topological polar surface area (TPSA) is 69.3 Å². The average Bonchev–Trinajstić information content (AvgIpc) is 3.14. The number of imidazole rings is 1. The summed E-state index contributed by atoms with van der Waals surface area (Å²) in [7, 11) is -3.03. The maximum absolute atomic E-state index is 12.4. The van der Waals surface area contributed by atoms with E-state index in [0.29, 0.717) is 13.1 Å². The number of nitrogens with one attached hydrogen (secondary N) is 1. The molecule has 3 heterocycles. The molecule has 0 saturated carbocycles. The molecule has 0 radical (unpaired) electrons. The first-order chi connectivity index (χ1) is 12.4. The molecule has 140 valence electrons. The summed E-state index contributed by atoms with van der Waals surface area (Å²) in [4.78, 5) is 12.0. The molecule has 2 aromatic rings. The number of benzene rings is 1. The van der Waals surface area contributed by atoms with Crippen molar-refractivity contribution in [1.82, 2.24) is 19.8 Å². The summed E-state index contributed by atoms with van der Waals surface area (Å²) in [6.45, 7) is 5.02. The van der Waals surface area contributed by atoms with Gasteiger partial charge in [-0.2, -0.15) is 0 Å². The number of aromatic nitrogens is 2. The van der Waals surface area contributed by atoms with Gasteiger partial charge in [-0.05, 0) is 18.6 Å². The Morgan fingerprint density at radius 1 is 1.15 bits per heavy atom. The van der Waals surface area contributed by atoms with E-state index in [1.54, 1.807) is 6.33 Å². The molecule has 2 fully saturated rings. The van der Waals surface area contributed by atoms with Gasteiger partial charge in [0.2, 0.25) is 0 Å². The summed E-state index contributed by atoms with van der Waals surface area (Å²) in [6, 6.07) is 7.80. The molecule has 2 saturated heterocycles. The third-order valence-corrected chi connectivity index (χ3v) is 7.59. The van der Waals surface area contributed by atoms with E-state index in [4.69, 9.17) is 11.6 Å². The van der Waals surface area contributed by atoms with Gasteiger partial charge in [0.1, 0.15) is 0 Å². The van der Waals surface area contributed by atoms with Gasteiger partial charge >= 0.3 is 0 Å². The maximum Gasteiger partial charge on any atom is 0.153 e. The van der Waals surface area contributed by atoms with E-state index in [0.717, 1.165) is 35.1 Å². The molecule has 2 aliphatic heterocycles. The molecule has 2 atom stereocenters. The number of fused-ring (bicyclic) bond motifs is 1. The van der Waals surface area contributed by atoms with Crippen LogP contribution in [0.15, 0.2) is 30.6 Å². The highest BCUT2D eigenvalue weighted by Crippen LogP contribution is 2.30. The van der Waals surface area contributed by atoms with Crippen LogP contribution < -0.4 is 0 Å². The van der Waals surface area contributed by atoms with Crippen molar-refractivity contribution in [1.29, 1.82) is 0 Å². The SMILES string of the molecule is Cc1[nH]cnc1CN1CCN(Cc2ccccc2Cl)[C@H]2CS(=O)(=O)C[C@H]21. The average molecular weight is 395 g/mol. The molecular weight excluding hydrogens is 372 g/mol. The van der Waals surface area contributed by atoms with Crippen LogP contribution in [0.2, 0.25) is 5.02 Å². The van der Waals surface area contributed by atoms with E-state index in [1.165, 1.54) is 0 Å². The van der Waals surface area contributed by atoms with Gasteiger partial charge in [-0.25, -0.2) is 13.4 Å². The molecule has 0 bridgehead atoms. The van der Waals surface area contributed by atoms with E-state index in [2.05, 4.69) is 19.8 Å². The summed E-state index contributed by atoms with van der Waals surface area (Å²) in [5.41, 5.74) is 3.09. The van der Waals surface area contributed by atoms with Crippen LogP contribution in [0.3, 0.4) is 0 Å². The Hall–Kier alpha value is -1.41. The second-order valence-corrected chi connectivity index (χ2v) is 9.78. The molecule has 4 rings (SSSR count). The molecule has 6 nitrogen and oxygen atoms in total. The second kappa shape index (κ2) is 6.96. The number of halogens is 1. The highest BCUT2D eigenvalue weighted by molar-refractivity contribution is 7.91. The zero-order valence-electron chi connectivity index (χ0n) is 14.7. The predicted octanol–water partition coefficient (Wildman–Crippen LogP) is 1.85. The number of nitrogens with zero attached hydrogens (tertiary/aromatic N) is 3. The van der Waals surface area contributed by atoms with Crippen molar-refractivity contribution in [2.24, 2.45) is 0 Å². The largest absolute Gasteiger partial charge is 0.348 e. The molecule has 0 spiro atoms. The van der Waals surface area contributed by atoms with Gasteiger partial charge in [-0.1, -0.05) is 29.8 Å². The lowest BCUT2D eigenvalue weighted by atomic mass is 10.0. The van der Waals surface area contributed by atoms with Crippen molar-refractivity contribution in [3.8, 4) is 0 Å². The molecule has 0 amide bonds. The lowest BCUT2D eigenvalue weighted by Crippen LogP contribution is -2.58. The zero-order valence-corrected chi connectivity index (χ0v) is 16.3. The van der Waals surface area contributed by atoms with Crippen molar-refractivity contribution < 1.29 is 8.42 Å². The number of hydrogen-bond acceptors (Lipinski definition) is 5. The van der Waals surface area contributed by atoms with Crippen molar-refractivity contribution in [3.63, 3.8) is 0 Å². The Morgan fingerprint density at radius 2 is 1.81 bits per heavy atom. The summed E-state index contributed by atoms with van der Waals surface area (Å²) < 4.78 is 24.8. The fourth-order valence-electron chi connectivity index (χ4n) is 4.07. The van der Waals surface area contributed by atoms with Crippen LogP contribution in [0.5, 0.6) is 0 Å². The number of aryl methyl sites for hydroxylation is 1. The lowest BCUT2D eigenvalue weighted by Gasteiger charge is -2.44. The van der Waals surface area contributed by atoms with E-state index in [9.17, 15) is 8.42 Å². The number of piperazine rings is 1. The molecule has 0 unspecified atom stereocenters. The van der Waals surface area contributed by atoms with Crippen LogP contribution in [0, 0.1) is 6.92 Å². The molecule has 26 heavy (non-hydrogen) atoms. The molecule has 2 aliphatic rings. The van der Waals surface area contributed by atoms with Crippen molar-refractivity contribution >= 4 is 21.4 Å². The van der Waals surface area contributed by atoms with Gasteiger partial charge in [0.25, 0.3) is 0 Å². The van der Waals surface area contributed by atoms with Gasteiger partial charge in [-0.3, -0.25) is 9.80 Å². The predicted molar refractivity (Wildman–Crippen MR) is 102 cm³/mol. The zero-order chi connectivity index (χ0) is 18.3. The third kappa shape index (κ3) is 3.53. The highest BCUT2D eigenvalue weighted by atomic mass is 35.5. The summed E-state index contributed by atoms with van der Waals surface area (Å²) in [6.07, 6.45) is 1.70. The van der Waals surface area contributed by atoms with Crippen LogP contribution >= 0.6 is 11.6 Å². The van der Waals surface area contributed by atoms with E-state index in [-0.39, 0.29) is 23.6 Å². The summed E-state index contributed by atoms with van der Waals surface area (Å²) in [5.74, 6) is 0.443. The van der Waals surface area contributed by atoms with E-state index in [1.807, 2.05) is 31.2 Å². The second-order valence-electron chi connectivity index (χ2n) is 7.22. The fraction of sp³-hybridized carbons (Fsp3) is 0.500. The molecule has 0 aliphatic carbocycles. The van der Waals surface area contributed by atoms with Crippen LogP contribution in [-0.2, 0) is 22.9 Å². The Balaban J connectivity index is 1.56. The molecule has 1 N–H and O–H groups in total. The first kappa shape index (κ1) is 18.0. The van der Waals surface area contributed by atoms with Gasteiger partial charge < -0.3 is 4.98 Å². The van der Waals surface area contributed by atoms with Gasteiger partial charge in [0.15, 0.2) is 9.84 Å². The normalized spacial score (nSPS) is 26.1. The molecule has 1 aromatic carbocycles. The lowest BCUT2D eigenvalue weighted by molar-refractivity contribution is 0.0347. The smallest absolute Gasteiger partial charge is 0.153 e. The van der Waals surface area contributed by atoms with Crippen LogP contribution in [-0.4, -0.2) is 64.9 Å². The van der Waals surface area contributed by atoms with Gasteiger partial charge in [0.05, 0.1) is 23.5 Å². The van der Waals surface area contributed by atoms with Crippen molar-refractivity contribution in [2.45, 2.75) is 32.1 Å². The molecular formula is C18H23ClN4O2S. The van der Waals surface area contributed by atoms with Crippen molar-refractivity contribution in [3.05, 3.63) is 52.6 Å². The number of rotatable bonds is 4. The third-order valence-electron chi connectivity index (χ3n) is 5.52. The fourth-order valence-corrected chi connectivity index (χ4v) is 6.31. The Morgan fingerprint density at radius 3 is 2.42 bits per heavy atom. The first-order valence-corrected chi connectivity index (χ1v) is 11.0. The number of hydrogen-bond donors (Lipinski definition) is 1. The maximum atomic E-state index is 12.4. The van der Waals surface area contributed by atoms with E-state index < -0.39 is 9.84 Å². The number of aromatic amines is 1. The minimum absolute atomic E-state index is 0.00395. The van der Waals surface area contributed by atoms with Crippen molar-refractivity contribution in [2.75, 3.05) is 24.6 Å². The Bertz CT molecular complexity index is 898. The number of H-pyrrole nitrogens is 1. The monoisotopic (exact) mass is 394 g/mol. The highest BCUT2D eigenvalue weighted by Gasteiger charge is 2.46. The number of sulfone groups is 1. The summed E-state index contributed by atoms with van der Waals surface area (Å²) in [5, 5.41) is 0.736.